The van der Waals surface area contributed by atoms with Crippen LogP contribution in [0.2, 0.25) is 0 Å². The largest absolute Gasteiger partial charge is 0.401 e. The molecule has 1 aromatic carbocycles. The predicted octanol–water partition coefficient (Wildman–Crippen LogP) is 4.08. The van der Waals surface area contributed by atoms with Crippen LogP contribution in [-0.2, 0) is 16.8 Å². The van der Waals surface area contributed by atoms with Crippen molar-refractivity contribution in [2.75, 3.05) is 19.6 Å². The molecule has 0 unspecified atom stereocenters. The minimum absolute atomic E-state index is 0.0150. The zero-order valence-electron chi connectivity index (χ0n) is 21.2. The van der Waals surface area contributed by atoms with Crippen molar-refractivity contribution in [2.24, 2.45) is 5.41 Å². The molecule has 1 saturated carbocycles. The van der Waals surface area contributed by atoms with Crippen molar-refractivity contribution in [3.8, 4) is 0 Å². The van der Waals surface area contributed by atoms with Crippen molar-refractivity contribution >= 4 is 11.9 Å². The lowest BCUT2D eigenvalue weighted by molar-refractivity contribution is -0.163. The van der Waals surface area contributed by atoms with Crippen molar-refractivity contribution < 1.29 is 31.5 Å². The number of amides is 3. The lowest BCUT2D eigenvalue weighted by Gasteiger charge is -2.37. The van der Waals surface area contributed by atoms with Crippen molar-refractivity contribution in [1.29, 1.82) is 0 Å². The number of alkyl halides is 3. The van der Waals surface area contributed by atoms with Crippen molar-refractivity contribution in [2.45, 2.75) is 75.0 Å². The number of likely N-dealkylation sites (tertiary alicyclic amines) is 1. The van der Waals surface area contributed by atoms with E-state index >= 15 is 0 Å². The molecule has 8 nitrogen and oxygen atoms in total. The number of nitrogens with one attached hydrogen (secondary N) is 2. The Balaban J connectivity index is 1.28. The second-order valence-electron chi connectivity index (χ2n) is 11.3. The molecule has 4 aliphatic rings. The van der Waals surface area contributed by atoms with Gasteiger partial charge in [0.1, 0.15) is 11.2 Å². The molecule has 2 N–H and O–H groups in total. The Morgan fingerprint density at radius 2 is 1.79 bits per heavy atom. The van der Waals surface area contributed by atoms with Crippen LogP contribution in [0.5, 0.6) is 0 Å². The second kappa shape index (κ2) is 9.16. The van der Waals surface area contributed by atoms with Crippen LogP contribution in [0, 0.1) is 17.0 Å². The van der Waals surface area contributed by atoms with Crippen molar-refractivity contribution in [1.82, 2.24) is 30.3 Å². The number of nitrogens with zero attached hydrogens (tertiary/aromatic N) is 4. The topological polar surface area (TPSA) is 92.2 Å². The quantitative estimate of drug-likeness (QED) is 0.562. The average Bonchev–Trinajstić information content (AvgIpc) is 3.56. The molecule has 2 atom stereocenters. The van der Waals surface area contributed by atoms with E-state index in [9.17, 15) is 31.5 Å². The van der Waals surface area contributed by atoms with Gasteiger partial charge < -0.3 is 20.1 Å². The highest BCUT2D eigenvalue weighted by Crippen LogP contribution is 2.59. The minimum atomic E-state index is -4.54. The molecule has 39 heavy (non-hydrogen) atoms. The van der Waals surface area contributed by atoms with Gasteiger partial charge >= 0.3 is 12.2 Å². The van der Waals surface area contributed by atoms with Gasteiger partial charge in [0, 0.05) is 32.1 Å². The van der Waals surface area contributed by atoms with E-state index < -0.39 is 46.6 Å². The van der Waals surface area contributed by atoms with E-state index in [4.69, 9.17) is 0 Å². The molecule has 0 radical (unpaired) electrons. The van der Waals surface area contributed by atoms with Gasteiger partial charge in [-0.25, -0.2) is 13.6 Å². The molecule has 0 bridgehead atoms. The zero-order valence-corrected chi connectivity index (χ0v) is 21.2. The zero-order chi connectivity index (χ0) is 27.6. The summed E-state index contributed by atoms with van der Waals surface area (Å²) in [6.45, 7) is 1.30. The van der Waals surface area contributed by atoms with Crippen molar-refractivity contribution in [3.63, 3.8) is 0 Å². The molecule has 1 spiro atoms. The van der Waals surface area contributed by atoms with Crippen LogP contribution >= 0.6 is 0 Å². The fourth-order valence-electron chi connectivity index (χ4n) is 6.47. The van der Waals surface area contributed by atoms with E-state index in [2.05, 4.69) is 20.8 Å². The van der Waals surface area contributed by atoms with Crippen LogP contribution in [0.4, 0.5) is 26.7 Å². The van der Waals surface area contributed by atoms with E-state index in [1.54, 1.807) is 4.90 Å². The van der Waals surface area contributed by atoms with Crippen LogP contribution in [0.3, 0.4) is 0 Å². The van der Waals surface area contributed by atoms with E-state index in [0.717, 1.165) is 12.5 Å². The summed E-state index contributed by atoms with van der Waals surface area (Å²) in [5, 5.41) is 13.8. The molecule has 6 rings (SSSR count). The summed E-state index contributed by atoms with van der Waals surface area (Å²) in [5.74, 6) is -2.76. The average molecular weight is 553 g/mol. The standard InChI is InChI=1S/C26H29F5N6O2/c27-17-3-1-2-16(19(17)28)15-4-5-18(20-34-35-21(37(20)14-15)25(6-7-25)26(29,30)31)33-23(39)36-12-9-24(10-13-36)8-11-32-22(24)38/h1-3,15,18H,4-14H2,(H,32,38)(H,33,39)/t15-,18-/m1/s1. The predicted molar refractivity (Wildman–Crippen MR) is 127 cm³/mol. The van der Waals surface area contributed by atoms with Crippen molar-refractivity contribution in [3.05, 3.63) is 47.0 Å². The monoisotopic (exact) mass is 552 g/mol. The van der Waals surface area contributed by atoms with E-state index in [-0.39, 0.29) is 55.3 Å². The summed E-state index contributed by atoms with van der Waals surface area (Å²) in [4.78, 5) is 27.2. The van der Waals surface area contributed by atoms with Gasteiger partial charge in [-0.2, -0.15) is 13.2 Å². The van der Waals surface area contributed by atoms with Crippen LogP contribution < -0.4 is 10.6 Å². The third kappa shape index (κ3) is 4.24. The SMILES string of the molecule is O=C(N[C@@H]1CC[C@@H](c2cccc(F)c2F)Cn2c1nnc2C1(C(F)(F)F)CC1)N1CCC2(CCNC2=O)CC1. The molecule has 1 aliphatic carbocycles. The van der Waals surface area contributed by atoms with Gasteiger partial charge in [0.25, 0.3) is 0 Å². The molecular formula is C26H29F5N6O2. The minimum Gasteiger partial charge on any atom is -0.356 e. The summed E-state index contributed by atoms with van der Waals surface area (Å²) in [6.07, 6.45) is -2.47. The molecule has 2 saturated heterocycles. The highest BCUT2D eigenvalue weighted by atomic mass is 19.4. The smallest absolute Gasteiger partial charge is 0.356 e. The van der Waals surface area contributed by atoms with E-state index in [1.165, 1.54) is 16.7 Å². The van der Waals surface area contributed by atoms with Gasteiger partial charge in [-0.3, -0.25) is 4.79 Å². The van der Waals surface area contributed by atoms with Gasteiger partial charge in [-0.05, 0) is 56.6 Å². The van der Waals surface area contributed by atoms with Gasteiger partial charge in [0.15, 0.2) is 17.5 Å². The molecule has 210 valence electrons. The fraction of sp³-hybridized carbons (Fsp3) is 0.615. The number of piperidine rings is 1. The lowest BCUT2D eigenvalue weighted by atomic mass is 9.77. The molecule has 3 aliphatic heterocycles. The summed E-state index contributed by atoms with van der Waals surface area (Å²) >= 11 is 0. The highest BCUT2D eigenvalue weighted by molar-refractivity contribution is 5.85. The molecule has 3 fully saturated rings. The summed E-state index contributed by atoms with van der Waals surface area (Å²) in [6, 6.07) is 2.63. The molecule has 13 heteroatoms. The molecule has 4 heterocycles. The molecule has 1 aromatic heterocycles. The van der Waals surface area contributed by atoms with Crippen LogP contribution in [0.25, 0.3) is 0 Å². The normalized spacial score (nSPS) is 25.7. The van der Waals surface area contributed by atoms with Gasteiger partial charge in [0.05, 0.1) is 11.5 Å². The van der Waals surface area contributed by atoms with Gasteiger partial charge in [-0.1, -0.05) is 12.1 Å². The Morgan fingerprint density at radius 3 is 2.44 bits per heavy atom. The second-order valence-corrected chi connectivity index (χ2v) is 11.3. The third-order valence-electron chi connectivity index (χ3n) is 9.12. The number of halogens is 5. The first-order chi connectivity index (χ1) is 18.5. The number of benzene rings is 1. The maximum Gasteiger partial charge on any atom is 0.401 e. The van der Waals surface area contributed by atoms with E-state index in [0.29, 0.717) is 32.5 Å². The summed E-state index contributed by atoms with van der Waals surface area (Å²) in [7, 11) is 0. The number of rotatable bonds is 3. The number of hydrogen-bond donors (Lipinski definition) is 2. The van der Waals surface area contributed by atoms with Crippen LogP contribution in [0.15, 0.2) is 18.2 Å². The summed E-state index contributed by atoms with van der Waals surface area (Å²) < 4.78 is 72.4. The third-order valence-corrected chi connectivity index (χ3v) is 9.12. The molecule has 2 aromatic rings. The first-order valence-electron chi connectivity index (χ1n) is 13.3. The highest BCUT2D eigenvalue weighted by Gasteiger charge is 2.67. The van der Waals surface area contributed by atoms with E-state index in [1.807, 2.05) is 0 Å². The number of fused-ring (bicyclic) bond motifs is 1. The first kappa shape index (κ1) is 26.0. The Morgan fingerprint density at radius 1 is 1.05 bits per heavy atom. The molecule has 3 amide bonds. The number of urea groups is 1. The number of hydrogen-bond acceptors (Lipinski definition) is 4. The first-order valence-corrected chi connectivity index (χ1v) is 13.3. The molecular weight excluding hydrogens is 523 g/mol. The van der Waals surface area contributed by atoms with Gasteiger partial charge in [-0.15, -0.1) is 10.2 Å². The maximum absolute atomic E-state index is 14.8. The summed E-state index contributed by atoms with van der Waals surface area (Å²) in [5.41, 5.74) is -2.52. The Kier molecular flexibility index (Phi) is 6.10. The fourth-order valence-corrected chi connectivity index (χ4v) is 6.47. The number of carbonyl (C=O) groups excluding carboxylic acids is 2. The number of carbonyl (C=O) groups is 2. The van der Waals surface area contributed by atoms with Gasteiger partial charge in [0.2, 0.25) is 5.91 Å². The number of aromatic nitrogens is 3. The Hall–Kier alpha value is -3.25. The maximum atomic E-state index is 14.8. The van der Waals surface area contributed by atoms with Crippen LogP contribution in [0.1, 0.15) is 74.1 Å². The Bertz CT molecular complexity index is 1300. The lowest BCUT2D eigenvalue weighted by Crippen LogP contribution is -2.50. The Labute approximate surface area is 221 Å². The van der Waals surface area contributed by atoms with Crippen LogP contribution in [-0.4, -0.2) is 57.4 Å².